The van der Waals surface area contributed by atoms with E-state index in [9.17, 15) is 8.42 Å². The normalized spacial score (nSPS) is 11.7. The lowest BCUT2D eigenvalue weighted by Gasteiger charge is -2.08. The second-order valence-electron chi connectivity index (χ2n) is 6.71. The molecule has 0 amide bonds. The molecule has 148 valence electrons. The number of methoxy groups -OCH3 is 1. The summed E-state index contributed by atoms with van der Waals surface area (Å²) in [5, 5.41) is 7.04. The topological polar surface area (TPSA) is 97.0 Å². The molecule has 2 aromatic carbocycles. The van der Waals surface area contributed by atoms with Gasteiger partial charge in [-0.1, -0.05) is 26.0 Å². The molecular weight excluding hydrogens is 376 g/mol. The monoisotopic (exact) mass is 400 g/mol. The predicted molar refractivity (Wildman–Crippen MR) is 108 cm³/mol. The molecule has 0 saturated heterocycles. The van der Waals surface area contributed by atoms with E-state index < -0.39 is 10.0 Å². The molecule has 0 spiro atoms. The minimum absolute atomic E-state index is 0.228. The third-order valence-electron chi connectivity index (χ3n) is 4.39. The van der Waals surface area contributed by atoms with Gasteiger partial charge in [0.05, 0.1) is 12.0 Å². The van der Waals surface area contributed by atoms with E-state index in [0.717, 1.165) is 16.9 Å². The second-order valence-corrected chi connectivity index (χ2v) is 8.47. The van der Waals surface area contributed by atoms with E-state index in [4.69, 9.17) is 4.74 Å². The summed E-state index contributed by atoms with van der Waals surface area (Å²) in [6, 6.07) is 14.4. The summed E-state index contributed by atoms with van der Waals surface area (Å²) >= 11 is 0. The van der Waals surface area contributed by atoms with Crippen LogP contribution in [0, 0.1) is 0 Å². The molecule has 3 rings (SSSR count). The van der Waals surface area contributed by atoms with Crippen molar-refractivity contribution in [2.75, 3.05) is 13.7 Å². The van der Waals surface area contributed by atoms with Crippen molar-refractivity contribution in [3.05, 3.63) is 59.9 Å². The van der Waals surface area contributed by atoms with Crippen molar-refractivity contribution in [3.63, 3.8) is 0 Å². The molecule has 0 aliphatic rings. The van der Waals surface area contributed by atoms with Gasteiger partial charge in [0.25, 0.3) is 0 Å². The van der Waals surface area contributed by atoms with Gasteiger partial charge in [-0.2, -0.15) is 5.10 Å². The van der Waals surface area contributed by atoms with Crippen molar-refractivity contribution in [3.8, 4) is 17.1 Å². The van der Waals surface area contributed by atoms with Crippen molar-refractivity contribution < 1.29 is 13.2 Å². The number of rotatable bonds is 8. The fourth-order valence-electron chi connectivity index (χ4n) is 2.70. The van der Waals surface area contributed by atoms with E-state index in [2.05, 4.69) is 33.8 Å². The highest BCUT2D eigenvalue weighted by Crippen LogP contribution is 2.19. The van der Waals surface area contributed by atoms with Gasteiger partial charge in [0.15, 0.2) is 5.82 Å². The Morgan fingerprint density at radius 1 is 1.07 bits per heavy atom. The largest absolute Gasteiger partial charge is 0.497 e. The SMILES string of the molecule is COc1ccc(-c2n[nH]c(CCNS(=O)(=O)c3ccc(C(C)C)cc3)n2)cc1. The maximum absolute atomic E-state index is 12.4. The van der Waals surface area contributed by atoms with Gasteiger partial charge in [0.1, 0.15) is 11.6 Å². The Balaban J connectivity index is 1.59. The van der Waals surface area contributed by atoms with Crippen LogP contribution in [-0.2, 0) is 16.4 Å². The van der Waals surface area contributed by atoms with Crippen LogP contribution < -0.4 is 9.46 Å². The zero-order chi connectivity index (χ0) is 20.1. The highest BCUT2D eigenvalue weighted by atomic mass is 32.2. The van der Waals surface area contributed by atoms with Crippen molar-refractivity contribution in [2.24, 2.45) is 0 Å². The quantitative estimate of drug-likeness (QED) is 0.605. The summed E-state index contributed by atoms with van der Waals surface area (Å²) < 4.78 is 32.6. The fraction of sp³-hybridized carbons (Fsp3) is 0.300. The predicted octanol–water partition coefficient (Wildman–Crippen LogP) is 3.12. The first-order chi connectivity index (χ1) is 13.4. The Morgan fingerprint density at radius 3 is 2.36 bits per heavy atom. The highest BCUT2D eigenvalue weighted by molar-refractivity contribution is 7.89. The Labute approximate surface area is 165 Å². The molecule has 0 aliphatic carbocycles. The molecule has 2 N–H and O–H groups in total. The van der Waals surface area contributed by atoms with Gasteiger partial charge in [0, 0.05) is 18.5 Å². The summed E-state index contributed by atoms with van der Waals surface area (Å²) in [5.74, 6) is 2.29. The van der Waals surface area contributed by atoms with Gasteiger partial charge < -0.3 is 4.74 Å². The lowest BCUT2D eigenvalue weighted by molar-refractivity contribution is 0.415. The van der Waals surface area contributed by atoms with Crippen LogP contribution in [0.1, 0.15) is 31.2 Å². The molecular formula is C20H24N4O3S. The summed E-state index contributed by atoms with van der Waals surface area (Å²) in [7, 11) is -1.94. The average Bonchev–Trinajstić information content (AvgIpc) is 3.17. The van der Waals surface area contributed by atoms with E-state index in [-0.39, 0.29) is 11.4 Å². The Bertz CT molecular complexity index is 1010. The molecule has 0 atom stereocenters. The molecule has 0 unspecified atom stereocenters. The maximum Gasteiger partial charge on any atom is 0.240 e. The number of sulfonamides is 1. The molecule has 3 aromatic rings. The molecule has 0 aliphatic heterocycles. The van der Waals surface area contributed by atoms with Gasteiger partial charge in [-0.25, -0.2) is 18.1 Å². The standard InChI is InChI=1S/C20H24N4O3S/c1-14(2)15-6-10-18(11-7-15)28(25,26)21-13-12-19-22-20(24-23-19)16-4-8-17(27-3)9-5-16/h4-11,14,21H,12-13H2,1-3H3,(H,22,23,24). The number of aromatic nitrogens is 3. The van der Waals surface area contributed by atoms with Crippen LogP contribution >= 0.6 is 0 Å². The van der Waals surface area contributed by atoms with Gasteiger partial charge in [-0.05, 0) is 47.9 Å². The van der Waals surface area contributed by atoms with E-state index in [1.165, 1.54) is 0 Å². The highest BCUT2D eigenvalue weighted by Gasteiger charge is 2.14. The Kier molecular flexibility index (Phi) is 6.11. The summed E-state index contributed by atoms with van der Waals surface area (Å²) in [6.45, 7) is 4.37. The van der Waals surface area contributed by atoms with Crippen LogP contribution in [0.5, 0.6) is 5.75 Å². The number of hydrogen-bond acceptors (Lipinski definition) is 5. The van der Waals surface area contributed by atoms with Crippen molar-refractivity contribution in [1.82, 2.24) is 19.9 Å². The smallest absolute Gasteiger partial charge is 0.240 e. The minimum Gasteiger partial charge on any atom is -0.497 e. The summed E-state index contributed by atoms with van der Waals surface area (Å²) in [4.78, 5) is 4.67. The lowest BCUT2D eigenvalue weighted by atomic mass is 10.0. The molecule has 7 nitrogen and oxygen atoms in total. The molecule has 28 heavy (non-hydrogen) atoms. The lowest BCUT2D eigenvalue weighted by Crippen LogP contribution is -2.26. The minimum atomic E-state index is -3.55. The zero-order valence-electron chi connectivity index (χ0n) is 16.1. The van der Waals surface area contributed by atoms with Crippen LogP contribution in [0.15, 0.2) is 53.4 Å². The molecule has 1 aromatic heterocycles. The average molecular weight is 401 g/mol. The molecule has 0 fully saturated rings. The van der Waals surface area contributed by atoms with Gasteiger partial charge in [-0.15, -0.1) is 0 Å². The number of ether oxygens (including phenoxy) is 1. The molecule has 0 bridgehead atoms. The number of H-pyrrole nitrogens is 1. The fourth-order valence-corrected chi connectivity index (χ4v) is 3.73. The van der Waals surface area contributed by atoms with Gasteiger partial charge >= 0.3 is 0 Å². The number of aromatic amines is 1. The van der Waals surface area contributed by atoms with Crippen molar-refractivity contribution in [2.45, 2.75) is 31.1 Å². The van der Waals surface area contributed by atoms with Crippen LogP contribution in [0.4, 0.5) is 0 Å². The van der Waals surface area contributed by atoms with E-state index in [1.807, 2.05) is 36.4 Å². The summed E-state index contributed by atoms with van der Waals surface area (Å²) in [6.07, 6.45) is 0.409. The molecule has 0 radical (unpaired) electrons. The van der Waals surface area contributed by atoms with Crippen molar-refractivity contribution >= 4 is 10.0 Å². The molecule has 1 heterocycles. The van der Waals surface area contributed by atoms with Gasteiger partial charge in [-0.3, -0.25) is 5.10 Å². The first-order valence-corrected chi connectivity index (χ1v) is 10.5. The first-order valence-electron chi connectivity index (χ1n) is 9.04. The molecule has 8 heteroatoms. The molecule has 0 saturated carbocycles. The van der Waals surface area contributed by atoms with Crippen LogP contribution in [-0.4, -0.2) is 37.3 Å². The maximum atomic E-state index is 12.4. The van der Waals surface area contributed by atoms with E-state index >= 15 is 0 Å². The zero-order valence-corrected chi connectivity index (χ0v) is 17.0. The third-order valence-corrected chi connectivity index (χ3v) is 5.87. The van der Waals surface area contributed by atoms with Crippen LogP contribution in [0.2, 0.25) is 0 Å². The van der Waals surface area contributed by atoms with E-state index in [0.29, 0.717) is 24.0 Å². The van der Waals surface area contributed by atoms with Crippen LogP contribution in [0.3, 0.4) is 0 Å². The first kappa shape index (κ1) is 20.0. The van der Waals surface area contributed by atoms with Crippen molar-refractivity contribution in [1.29, 1.82) is 0 Å². The summed E-state index contributed by atoms with van der Waals surface area (Å²) in [5.41, 5.74) is 1.96. The van der Waals surface area contributed by atoms with Gasteiger partial charge in [0.2, 0.25) is 10.0 Å². The number of hydrogen-bond donors (Lipinski definition) is 2. The number of nitrogens with one attached hydrogen (secondary N) is 2. The Hall–Kier alpha value is -2.71. The third kappa shape index (κ3) is 4.76. The second kappa shape index (κ2) is 8.53. The van der Waals surface area contributed by atoms with E-state index in [1.54, 1.807) is 19.2 Å². The number of benzene rings is 2. The van der Waals surface area contributed by atoms with Crippen LogP contribution in [0.25, 0.3) is 11.4 Å². The Morgan fingerprint density at radius 2 is 1.75 bits per heavy atom. The number of nitrogens with zero attached hydrogens (tertiary/aromatic N) is 2.